The number of hydrogen-bond donors (Lipinski definition) is 2. The monoisotopic (exact) mass is 289 g/mol. The number of carbonyl (C=O) groups excluding carboxylic acids is 3. The molecule has 1 aliphatic heterocycles. The van der Waals surface area contributed by atoms with Crippen LogP contribution in [0.5, 0.6) is 0 Å². The Hall–Kier alpha value is -2.21. The van der Waals surface area contributed by atoms with Crippen molar-refractivity contribution in [1.29, 1.82) is 0 Å². The molecule has 3 N–H and O–H groups in total. The zero-order valence-corrected chi connectivity index (χ0v) is 12.3. The van der Waals surface area contributed by atoms with Crippen molar-refractivity contribution < 1.29 is 14.4 Å². The Labute approximate surface area is 123 Å². The summed E-state index contributed by atoms with van der Waals surface area (Å²) in [5, 5.41) is 2.23. The quantitative estimate of drug-likeness (QED) is 0.764. The van der Waals surface area contributed by atoms with Crippen LogP contribution in [0, 0.1) is 6.92 Å². The van der Waals surface area contributed by atoms with Gasteiger partial charge in [0.25, 0.3) is 5.91 Å². The lowest BCUT2D eigenvalue weighted by molar-refractivity contribution is -0.156. The van der Waals surface area contributed by atoms with E-state index in [1.54, 1.807) is 26.0 Å². The van der Waals surface area contributed by atoms with Crippen LogP contribution >= 0.6 is 0 Å². The van der Waals surface area contributed by atoms with E-state index in [1.807, 2.05) is 19.1 Å². The van der Waals surface area contributed by atoms with Gasteiger partial charge in [0.2, 0.25) is 11.8 Å². The summed E-state index contributed by atoms with van der Waals surface area (Å²) in [5.41, 5.74) is 6.61. The Bertz CT molecular complexity index is 593. The summed E-state index contributed by atoms with van der Waals surface area (Å²) in [5.74, 6) is -1.43. The molecule has 1 atom stereocenters. The van der Waals surface area contributed by atoms with Crippen LogP contribution in [-0.2, 0) is 14.4 Å². The standard InChI is InChI=1S/C15H19N3O3/c1-9-4-6-10(7-5-9)12(16)13(20)18-8-11(19)17-14(21)15(18,2)3/h4-7,12H,8,16H2,1-3H3,(H,17,19,21). The minimum absolute atomic E-state index is 0.170. The maximum atomic E-state index is 12.6. The third-order valence-electron chi connectivity index (χ3n) is 3.75. The third kappa shape index (κ3) is 2.80. The molecule has 21 heavy (non-hydrogen) atoms. The fourth-order valence-corrected chi connectivity index (χ4v) is 2.22. The molecule has 0 aliphatic carbocycles. The van der Waals surface area contributed by atoms with Crippen molar-refractivity contribution in [3.8, 4) is 0 Å². The number of amides is 3. The van der Waals surface area contributed by atoms with Crippen LogP contribution in [0.15, 0.2) is 24.3 Å². The molecule has 1 aromatic carbocycles. The van der Waals surface area contributed by atoms with Gasteiger partial charge in [-0.2, -0.15) is 0 Å². The number of nitrogens with zero attached hydrogens (tertiary/aromatic N) is 1. The summed E-state index contributed by atoms with van der Waals surface area (Å²) in [6.45, 7) is 4.95. The minimum atomic E-state index is -1.10. The number of carbonyl (C=O) groups is 3. The summed E-state index contributed by atoms with van der Waals surface area (Å²) in [4.78, 5) is 37.2. The molecule has 1 saturated heterocycles. The summed E-state index contributed by atoms with van der Waals surface area (Å²) >= 11 is 0. The van der Waals surface area contributed by atoms with Gasteiger partial charge in [0, 0.05) is 0 Å². The Kier molecular flexibility index (Phi) is 3.82. The van der Waals surface area contributed by atoms with Crippen LogP contribution < -0.4 is 11.1 Å². The van der Waals surface area contributed by atoms with Gasteiger partial charge in [0.1, 0.15) is 18.1 Å². The van der Waals surface area contributed by atoms with Gasteiger partial charge in [0.05, 0.1) is 0 Å². The molecule has 6 heteroatoms. The molecule has 112 valence electrons. The molecular formula is C15H19N3O3. The van der Waals surface area contributed by atoms with Crippen LogP contribution in [0.25, 0.3) is 0 Å². The molecular weight excluding hydrogens is 270 g/mol. The lowest BCUT2D eigenvalue weighted by atomic mass is 9.96. The van der Waals surface area contributed by atoms with E-state index in [4.69, 9.17) is 5.73 Å². The van der Waals surface area contributed by atoms with Crippen LogP contribution in [-0.4, -0.2) is 34.7 Å². The maximum Gasteiger partial charge on any atom is 0.252 e. The molecule has 0 aromatic heterocycles. The van der Waals surface area contributed by atoms with E-state index >= 15 is 0 Å². The van der Waals surface area contributed by atoms with Gasteiger partial charge in [-0.1, -0.05) is 29.8 Å². The molecule has 1 heterocycles. The number of nitrogens with two attached hydrogens (primary N) is 1. The van der Waals surface area contributed by atoms with E-state index in [2.05, 4.69) is 5.32 Å². The van der Waals surface area contributed by atoms with Gasteiger partial charge in [0.15, 0.2) is 0 Å². The van der Waals surface area contributed by atoms with Crippen molar-refractivity contribution >= 4 is 17.7 Å². The number of hydrogen-bond acceptors (Lipinski definition) is 4. The number of piperazine rings is 1. The summed E-state index contributed by atoms with van der Waals surface area (Å²) in [7, 11) is 0. The van der Waals surface area contributed by atoms with E-state index in [0.717, 1.165) is 5.56 Å². The van der Waals surface area contributed by atoms with Gasteiger partial charge in [-0.05, 0) is 26.3 Å². The van der Waals surface area contributed by atoms with Crippen LogP contribution in [0.1, 0.15) is 31.0 Å². The topological polar surface area (TPSA) is 92.5 Å². The number of imide groups is 1. The van der Waals surface area contributed by atoms with Crippen LogP contribution in [0.4, 0.5) is 0 Å². The van der Waals surface area contributed by atoms with Gasteiger partial charge in [-0.3, -0.25) is 19.7 Å². The lowest BCUT2D eigenvalue weighted by Crippen LogP contribution is -2.66. The molecule has 0 bridgehead atoms. The first kappa shape index (κ1) is 15.2. The predicted molar refractivity (Wildman–Crippen MR) is 77.0 cm³/mol. The van der Waals surface area contributed by atoms with Gasteiger partial charge >= 0.3 is 0 Å². The SMILES string of the molecule is Cc1ccc(C(N)C(=O)N2CC(=O)NC(=O)C2(C)C)cc1. The Morgan fingerprint density at radius 2 is 1.86 bits per heavy atom. The summed E-state index contributed by atoms with van der Waals surface area (Å²) in [6, 6.07) is 6.38. The second kappa shape index (κ2) is 5.29. The van der Waals surface area contributed by atoms with Gasteiger partial charge in [-0.15, -0.1) is 0 Å². The number of nitrogens with one attached hydrogen (secondary N) is 1. The molecule has 1 aliphatic rings. The highest BCUT2D eigenvalue weighted by molar-refractivity contribution is 6.06. The Morgan fingerprint density at radius 3 is 2.43 bits per heavy atom. The highest BCUT2D eigenvalue weighted by Crippen LogP contribution is 2.23. The van der Waals surface area contributed by atoms with E-state index in [9.17, 15) is 14.4 Å². The normalized spacial score (nSPS) is 19.1. The molecule has 6 nitrogen and oxygen atoms in total. The predicted octanol–water partition coefficient (Wildman–Crippen LogP) is 0.258. The van der Waals surface area contributed by atoms with Crippen molar-refractivity contribution in [3.63, 3.8) is 0 Å². The van der Waals surface area contributed by atoms with E-state index in [-0.39, 0.29) is 6.54 Å². The fraction of sp³-hybridized carbons (Fsp3) is 0.400. The Balaban J connectivity index is 2.27. The first-order valence-corrected chi connectivity index (χ1v) is 6.71. The highest BCUT2D eigenvalue weighted by Gasteiger charge is 2.44. The van der Waals surface area contributed by atoms with Crippen molar-refractivity contribution in [2.75, 3.05) is 6.54 Å². The zero-order valence-electron chi connectivity index (χ0n) is 12.3. The second-order valence-corrected chi connectivity index (χ2v) is 5.75. The van der Waals surface area contributed by atoms with Crippen LogP contribution in [0.3, 0.4) is 0 Å². The smallest absolute Gasteiger partial charge is 0.252 e. The number of benzene rings is 1. The molecule has 0 saturated carbocycles. The minimum Gasteiger partial charge on any atom is -0.318 e. The van der Waals surface area contributed by atoms with Gasteiger partial charge in [-0.25, -0.2) is 0 Å². The number of aryl methyl sites for hydroxylation is 1. The van der Waals surface area contributed by atoms with Crippen molar-refractivity contribution in [2.45, 2.75) is 32.4 Å². The zero-order chi connectivity index (χ0) is 15.8. The highest BCUT2D eigenvalue weighted by atomic mass is 16.2. The summed E-state index contributed by atoms with van der Waals surface area (Å²) in [6.07, 6.45) is 0. The molecule has 0 spiro atoms. The average Bonchev–Trinajstić information content (AvgIpc) is 2.42. The molecule has 3 amide bonds. The van der Waals surface area contributed by atoms with Crippen molar-refractivity contribution in [1.82, 2.24) is 10.2 Å². The van der Waals surface area contributed by atoms with Crippen molar-refractivity contribution in [3.05, 3.63) is 35.4 Å². The Morgan fingerprint density at radius 1 is 1.29 bits per heavy atom. The second-order valence-electron chi connectivity index (χ2n) is 5.75. The molecule has 1 fully saturated rings. The summed E-state index contributed by atoms with van der Waals surface area (Å²) < 4.78 is 0. The van der Waals surface area contributed by atoms with Crippen LogP contribution in [0.2, 0.25) is 0 Å². The molecule has 1 unspecified atom stereocenters. The fourth-order valence-electron chi connectivity index (χ4n) is 2.22. The lowest BCUT2D eigenvalue weighted by Gasteiger charge is -2.41. The maximum absolute atomic E-state index is 12.6. The van der Waals surface area contributed by atoms with Crippen molar-refractivity contribution in [2.24, 2.45) is 5.73 Å². The van der Waals surface area contributed by atoms with E-state index in [0.29, 0.717) is 5.56 Å². The first-order valence-electron chi connectivity index (χ1n) is 6.71. The largest absolute Gasteiger partial charge is 0.318 e. The van der Waals surface area contributed by atoms with E-state index < -0.39 is 29.3 Å². The molecule has 2 rings (SSSR count). The third-order valence-corrected chi connectivity index (χ3v) is 3.75. The van der Waals surface area contributed by atoms with Gasteiger partial charge < -0.3 is 10.6 Å². The number of rotatable bonds is 2. The van der Waals surface area contributed by atoms with E-state index in [1.165, 1.54) is 4.90 Å². The first-order chi connectivity index (χ1) is 9.73. The molecule has 0 radical (unpaired) electrons. The average molecular weight is 289 g/mol. The molecule has 1 aromatic rings.